The Morgan fingerprint density at radius 3 is 2.41 bits per heavy atom. The van der Waals surface area contributed by atoms with E-state index in [0.717, 1.165) is 28.2 Å². The number of aryl methyl sites for hydroxylation is 1. The first-order valence-electron chi connectivity index (χ1n) is 14.3. The van der Waals surface area contributed by atoms with Crippen LogP contribution in [0, 0.1) is 18.3 Å². The number of sulfone groups is 1. The van der Waals surface area contributed by atoms with Crippen molar-refractivity contribution in [2.75, 3.05) is 28.4 Å². The molecule has 0 aliphatic carbocycles. The van der Waals surface area contributed by atoms with Gasteiger partial charge in [-0.2, -0.15) is 5.26 Å². The van der Waals surface area contributed by atoms with Crippen molar-refractivity contribution < 1.29 is 22.8 Å². The highest BCUT2D eigenvalue weighted by atomic mass is 35.5. The summed E-state index contributed by atoms with van der Waals surface area (Å²) in [5.41, 5.74) is 2.62. The minimum absolute atomic E-state index is 0. The number of anilines is 2. The van der Waals surface area contributed by atoms with Crippen LogP contribution in [0.25, 0.3) is 10.8 Å². The number of nitriles is 1. The summed E-state index contributed by atoms with van der Waals surface area (Å²) in [4.78, 5) is 44.4. The second-order valence-corrected chi connectivity index (χ2v) is 13.0. The molecule has 3 aromatic carbocycles. The minimum Gasteiger partial charge on any atom is -0.341 e. The third kappa shape index (κ3) is 7.21. The van der Waals surface area contributed by atoms with E-state index in [2.05, 4.69) is 16.7 Å². The molecule has 12 heteroatoms. The zero-order valence-electron chi connectivity index (χ0n) is 25.5. The van der Waals surface area contributed by atoms with Crippen LogP contribution in [0.15, 0.2) is 54.6 Å². The minimum atomic E-state index is -3.75. The smallest absolute Gasteiger partial charge is 0.252 e. The highest BCUT2D eigenvalue weighted by molar-refractivity contribution is 7.91. The Kier molecular flexibility index (Phi) is 11.1. The molecule has 0 saturated carbocycles. The van der Waals surface area contributed by atoms with Crippen LogP contribution in [0.1, 0.15) is 43.9 Å². The molecule has 10 nitrogen and oxygen atoms in total. The first-order chi connectivity index (χ1) is 20.4. The zero-order chi connectivity index (χ0) is 31.5. The average Bonchev–Trinajstić information content (AvgIpc) is 3.04. The number of hydrogen-bond donors (Lipinski definition) is 2. The predicted octanol–water partition coefficient (Wildman–Crippen LogP) is 3.63. The van der Waals surface area contributed by atoms with E-state index < -0.39 is 51.4 Å². The number of nitrogens with one attached hydrogen (secondary N) is 2. The molecule has 0 unspecified atom stereocenters. The number of carbonyl (C=O) groups is 3. The summed E-state index contributed by atoms with van der Waals surface area (Å²) in [6.07, 6.45) is 1.43. The van der Waals surface area contributed by atoms with E-state index in [1.54, 1.807) is 19.1 Å². The molecule has 1 aliphatic rings. The second-order valence-electron chi connectivity index (χ2n) is 10.9. The molecule has 234 valence electrons. The van der Waals surface area contributed by atoms with Crippen molar-refractivity contribution in [3.05, 3.63) is 71.3 Å². The third-order valence-corrected chi connectivity index (χ3v) is 8.57. The topological polar surface area (TPSA) is 140 Å². The Morgan fingerprint density at radius 2 is 1.77 bits per heavy atom. The standard InChI is InChI=1S/C32H37N5O5S.ClH/c1-6-26(34-7-2)31(39)35-30-21(4)37(29(38)19-43(5,41)42)28-16-22(17-33)13-15-27(28)36(32(30)40)18-25-20(3)12-14-23-10-8-9-11-24(23)25;/h8-16,21,26,30,34H,6-7,18-19H2,1-5H3,(H,35,39);1H/t21-,26-,30-;/m0./s1. The molecule has 1 aliphatic heterocycles. The SMILES string of the molecule is CCN[C@@H](CC)C(=O)N[C@@H]1C(=O)N(Cc2c(C)ccc3ccccc23)c2ccc(C#N)cc2N(C(=O)CS(C)(=O)=O)[C@H]1C.Cl. The van der Waals surface area contributed by atoms with Crippen molar-refractivity contribution in [3.8, 4) is 6.07 Å². The molecular weight excluding hydrogens is 602 g/mol. The van der Waals surface area contributed by atoms with Gasteiger partial charge in [-0.15, -0.1) is 12.4 Å². The monoisotopic (exact) mass is 639 g/mol. The second kappa shape index (κ2) is 14.2. The number of nitrogens with zero attached hydrogens (tertiary/aromatic N) is 3. The number of halogens is 1. The summed E-state index contributed by atoms with van der Waals surface area (Å²) in [5.74, 6) is -2.43. The van der Waals surface area contributed by atoms with Crippen molar-refractivity contribution in [2.24, 2.45) is 0 Å². The lowest BCUT2D eigenvalue weighted by molar-refractivity contribution is -0.129. The van der Waals surface area contributed by atoms with Crippen molar-refractivity contribution in [1.82, 2.24) is 10.6 Å². The summed E-state index contributed by atoms with van der Waals surface area (Å²) in [6.45, 7) is 7.93. The van der Waals surface area contributed by atoms with E-state index in [-0.39, 0.29) is 30.2 Å². The molecule has 0 radical (unpaired) electrons. The molecule has 4 rings (SSSR count). The molecule has 0 fully saturated rings. The van der Waals surface area contributed by atoms with E-state index in [4.69, 9.17) is 0 Å². The van der Waals surface area contributed by atoms with Crippen LogP contribution in [0.5, 0.6) is 0 Å². The van der Waals surface area contributed by atoms with Gasteiger partial charge >= 0.3 is 0 Å². The van der Waals surface area contributed by atoms with Gasteiger partial charge in [0.2, 0.25) is 11.8 Å². The molecule has 2 N–H and O–H groups in total. The number of likely N-dealkylation sites (N-methyl/N-ethyl adjacent to an activating group) is 1. The van der Waals surface area contributed by atoms with Gasteiger partial charge in [-0.25, -0.2) is 8.42 Å². The van der Waals surface area contributed by atoms with Gasteiger partial charge in [-0.3, -0.25) is 14.4 Å². The first-order valence-corrected chi connectivity index (χ1v) is 16.3. The lowest BCUT2D eigenvalue weighted by Gasteiger charge is -2.33. The molecule has 0 spiro atoms. The van der Waals surface area contributed by atoms with Gasteiger partial charge in [0.05, 0.1) is 41.6 Å². The normalized spacial score (nSPS) is 17.2. The highest BCUT2D eigenvalue weighted by Crippen LogP contribution is 2.38. The van der Waals surface area contributed by atoms with E-state index in [1.165, 1.54) is 15.9 Å². The summed E-state index contributed by atoms with van der Waals surface area (Å²) < 4.78 is 24.5. The Balaban J connectivity index is 0.00000529. The van der Waals surface area contributed by atoms with Crippen LogP contribution < -0.4 is 20.4 Å². The van der Waals surface area contributed by atoms with Crippen molar-refractivity contribution in [1.29, 1.82) is 5.26 Å². The largest absolute Gasteiger partial charge is 0.341 e. The summed E-state index contributed by atoms with van der Waals surface area (Å²) in [5, 5.41) is 17.6. The Labute approximate surface area is 264 Å². The van der Waals surface area contributed by atoms with Crippen molar-refractivity contribution in [2.45, 2.75) is 58.8 Å². The predicted molar refractivity (Wildman–Crippen MR) is 175 cm³/mol. The summed E-state index contributed by atoms with van der Waals surface area (Å²) in [7, 11) is -3.75. The molecule has 3 amide bonds. The molecule has 3 aromatic rings. The maximum absolute atomic E-state index is 14.6. The van der Waals surface area contributed by atoms with Gasteiger partial charge in [-0.1, -0.05) is 50.2 Å². The number of fused-ring (bicyclic) bond motifs is 2. The van der Waals surface area contributed by atoms with Crippen LogP contribution >= 0.6 is 12.4 Å². The van der Waals surface area contributed by atoms with Crippen LogP contribution in [-0.2, 0) is 30.8 Å². The number of benzene rings is 3. The molecule has 1 heterocycles. The van der Waals surface area contributed by atoms with Gasteiger partial charge < -0.3 is 20.4 Å². The molecule has 0 aromatic heterocycles. The average molecular weight is 640 g/mol. The fraction of sp³-hybridized carbons (Fsp3) is 0.375. The fourth-order valence-electron chi connectivity index (χ4n) is 5.61. The first kappa shape index (κ1) is 34.5. The fourth-order valence-corrected chi connectivity index (χ4v) is 6.20. The van der Waals surface area contributed by atoms with Gasteiger partial charge in [-0.05, 0) is 66.9 Å². The molecule has 0 saturated heterocycles. The van der Waals surface area contributed by atoms with E-state index in [1.807, 2.05) is 57.2 Å². The maximum atomic E-state index is 14.6. The molecule has 0 bridgehead atoms. The lowest BCUT2D eigenvalue weighted by atomic mass is 9.98. The van der Waals surface area contributed by atoms with Gasteiger partial charge in [0.15, 0.2) is 9.84 Å². The quantitative estimate of drug-likeness (QED) is 0.364. The Morgan fingerprint density at radius 1 is 1.07 bits per heavy atom. The lowest BCUT2D eigenvalue weighted by Crippen LogP contribution is -2.60. The third-order valence-electron chi connectivity index (χ3n) is 7.80. The summed E-state index contributed by atoms with van der Waals surface area (Å²) >= 11 is 0. The van der Waals surface area contributed by atoms with E-state index in [9.17, 15) is 28.1 Å². The van der Waals surface area contributed by atoms with Crippen molar-refractivity contribution >= 4 is 62.1 Å². The molecule has 44 heavy (non-hydrogen) atoms. The number of carbonyl (C=O) groups excluding carboxylic acids is 3. The van der Waals surface area contributed by atoms with Gasteiger partial charge in [0.1, 0.15) is 11.8 Å². The number of amides is 3. The van der Waals surface area contributed by atoms with Crippen LogP contribution in [0.3, 0.4) is 0 Å². The van der Waals surface area contributed by atoms with Crippen molar-refractivity contribution in [3.63, 3.8) is 0 Å². The highest BCUT2D eigenvalue weighted by Gasteiger charge is 2.43. The van der Waals surface area contributed by atoms with Gasteiger partial charge in [0.25, 0.3) is 5.91 Å². The number of rotatable bonds is 9. The summed E-state index contributed by atoms with van der Waals surface area (Å²) in [6, 6.07) is 15.7. The Hall–Kier alpha value is -3.98. The maximum Gasteiger partial charge on any atom is 0.252 e. The van der Waals surface area contributed by atoms with E-state index >= 15 is 0 Å². The van der Waals surface area contributed by atoms with Crippen LogP contribution in [-0.4, -0.2) is 62.8 Å². The van der Waals surface area contributed by atoms with Gasteiger partial charge in [0, 0.05) is 6.26 Å². The van der Waals surface area contributed by atoms with Crippen LogP contribution in [0.2, 0.25) is 0 Å². The van der Waals surface area contributed by atoms with E-state index in [0.29, 0.717) is 18.7 Å². The number of hydrogen-bond acceptors (Lipinski definition) is 7. The zero-order valence-corrected chi connectivity index (χ0v) is 27.1. The molecule has 3 atom stereocenters. The Bertz CT molecular complexity index is 1720. The van der Waals surface area contributed by atoms with Crippen LogP contribution in [0.4, 0.5) is 11.4 Å². The molecular formula is C32H38ClN5O5S.